The van der Waals surface area contributed by atoms with Crippen molar-refractivity contribution in [1.29, 1.82) is 0 Å². The molecule has 0 spiro atoms. The minimum Gasteiger partial charge on any atom is -0.457 e. The molecular weight excluding hydrogens is 326 g/mol. The molecule has 0 atom stereocenters. The van der Waals surface area contributed by atoms with E-state index in [1.54, 1.807) is 16.9 Å². The zero-order chi connectivity index (χ0) is 17.1. The summed E-state index contributed by atoms with van der Waals surface area (Å²) in [6, 6.07) is 11.3. The van der Waals surface area contributed by atoms with Crippen molar-refractivity contribution in [3.8, 4) is 5.69 Å². The predicted octanol–water partition coefficient (Wildman–Crippen LogP) is 3.89. The van der Waals surface area contributed by atoms with Crippen LogP contribution in [0.3, 0.4) is 0 Å². The number of halogens is 1. The van der Waals surface area contributed by atoms with Gasteiger partial charge in [-0.1, -0.05) is 29.8 Å². The van der Waals surface area contributed by atoms with Gasteiger partial charge in [-0.3, -0.25) is 4.98 Å². The van der Waals surface area contributed by atoms with Crippen molar-refractivity contribution in [3.05, 3.63) is 76.3 Å². The Morgan fingerprint density at radius 2 is 1.96 bits per heavy atom. The highest BCUT2D eigenvalue weighted by Crippen LogP contribution is 2.24. The van der Waals surface area contributed by atoms with Gasteiger partial charge in [-0.2, -0.15) is 5.10 Å². The number of esters is 1. The summed E-state index contributed by atoms with van der Waals surface area (Å²) in [5.74, 6) is -0.427. The fraction of sp³-hybridized carbons (Fsp3) is 0.167. The second kappa shape index (κ2) is 6.84. The molecule has 0 aliphatic heterocycles. The molecule has 122 valence electrons. The van der Waals surface area contributed by atoms with E-state index in [4.69, 9.17) is 16.3 Å². The molecule has 3 aromatic rings. The number of para-hydroxylation sites is 1. The van der Waals surface area contributed by atoms with Gasteiger partial charge in [-0.15, -0.1) is 0 Å². The zero-order valence-electron chi connectivity index (χ0n) is 13.4. The molecule has 6 heteroatoms. The van der Waals surface area contributed by atoms with Gasteiger partial charge in [0.15, 0.2) is 0 Å². The Morgan fingerprint density at radius 1 is 1.21 bits per heavy atom. The van der Waals surface area contributed by atoms with Crippen LogP contribution in [0.15, 0.2) is 48.8 Å². The van der Waals surface area contributed by atoms with Crippen LogP contribution in [0.2, 0.25) is 5.15 Å². The van der Waals surface area contributed by atoms with Crippen molar-refractivity contribution in [2.24, 2.45) is 0 Å². The van der Waals surface area contributed by atoms with Crippen LogP contribution in [-0.2, 0) is 11.3 Å². The molecule has 2 aromatic heterocycles. The highest BCUT2D eigenvalue weighted by atomic mass is 35.5. The van der Waals surface area contributed by atoms with E-state index < -0.39 is 5.97 Å². The van der Waals surface area contributed by atoms with Crippen LogP contribution >= 0.6 is 11.6 Å². The topological polar surface area (TPSA) is 57.0 Å². The van der Waals surface area contributed by atoms with E-state index in [1.165, 1.54) is 6.20 Å². The van der Waals surface area contributed by atoms with Crippen LogP contribution in [0.25, 0.3) is 5.69 Å². The van der Waals surface area contributed by atoms with Crippen LogP contribution in [0, 0.1) is 13.8 Å². The van der Waals surface area contributed by atoms with Gasteiger partial charge in [-0.05, 0) is 37.6 Å². The summed E-state index contributed by atoms with van der Waals surface area (Å²) in [4.78, 5) is 16.2. The Morgan fingerprint density at radius 3 is 2.67 bits per heavy atom. The van der Waals surface area contributed by atoms with E-state index in [1.807, 2.05) is 44.2 Å². The Hall–Kier alpha value is -2.66. The van der Waals surface area contributed by atoms with Gasteiger partial charge >= 0.3 is 5.97 Å². The van der Waals surface area contributed by atoms with Crippen molar-refractivity contribution in [2.45, 2.75) is 20.5 Å². The van der Waals surface area contributed by atoms with Crippen LogP contribution in [0.4, 0.5) is 0 Å². The van der Waals surface area contributed by atoms with E-state index in [0.29, 0.717) is 16.3 Å². The Balaban J connectivity index is 1.80. The number of ether oxygens (including phenoxy) is 1. The van der Waals surface area contributed by atoms with Gasteiger partial charge in [0, 0.05) is 18.0 Å². The normalized spacial score (nSPS) is 10.6. The summed E-state index contributed by atoms with van der Waals surface area (Å²) in [7, 11) is 0. The van der Waals surface area contributed by atoms with Gasteiger partial charge in [0.05, 0.1) is 16.9 Å². The molecule has 3 rings (SSSR count). The fourth-order valence-corrected chi connectivity index (χ4v) is 2.66. The number of hydrogen-bond acceptors (Lipinski definition) is 4. The van der Waals surface area contributed by atoms with Gasteiger partial charge in [0.25, 0.3) is 0 Å². The second-order valence-electron chi connectivity index (χ2n) is 5.37. The van der Waals surface area contributed by atoms with Gasteiger partial charge in [0.2, 0.25) is 0 Å². The first-order chi connectivity index (χ1) is 11.6. The largest absolute Gasteiger partial charge is 0.457 e. The average Bonchev–Trinajstić information content (AvgIpc) is 2.88. The molecule has 0 unspecified atom stereocenters. The minimum absolute atomic E-state index is 0.0602. The summed E-state index contributed by atoms with van der Waals surface area (Å²) < 4.78 is 7.02. The van der Waals surface area contributed by atoms with Crippen molar-refractivity contribution in [1.82, 2.24) is 14.8 Å². The maximum Gasteiger partial charge on any atom is 0.340 e. The molecular formula is C18H16ClN3O2. The van der Waals surface area contributed by atoms with Gasteiger partial charge in [0.1, 0.15) is 11.8 Å². The maximum absolute atomic E-state index is 12.2. The minimum atomic E-state index is -0.427. The molecule has 1 aromatic carbocycles. The lowest BCUT2D eigenvalue weighted by Gasteiger charge is -2.07. The first kappa shape index (κ1) is 16.2. The van der Waals surface area contributed by atoms with Crippen LogP contribution < -0.4 is 0 Å². The molecule has 0 aliphatic carbocycles. The lowest BCUT2D eigenvalue weighted by atomic mass is 10.2. The molecule has 0 fully saturated rings. The lowest BCUT2D eigenvalue weighted by Crippen LogP contribution is -2.08. The second-order valence-corrected chi connectivity index (χ2v) is 5.73. The summed E-state index contributed by atoms with van der Waals surface area (Å²) >= 11 is 6.42. The van der Waals surface area contributed by atoms with Crippen molar-refractivity contribution < 1.29 is 9.53 Å². The van der Waals surface area contributed by atoms with Crippen molar-refractivity contribution in [3.63, 3.8) is 0 Å². The number of pyridine rings is 1. The zero-order valence-corrected chi connectivity index (χ0v) is 14.1. The summed E-state index contributed by atoms with van der Waals surface area (Å²) in [5.41, 5.74) is 3.53. The summed E-state index contributed by atoms with van der Waals surface area (Å²) in [6.45, 7) is 3.73. The molecule has 0 amide bonds. The van der Waals surface area contributed by atoms with Crippen LogP contribution in [-0.4, -0.2) is 20.7 Å². The van der Waals surface area contributed by atoms with E-state index in [0.717, 1.165) is 16.9 Å². The number of rotatable bonds is 4. The van der Waals surface area contributed by atoms with E-state index >= 15 is 0 Å². The number of benzene rings is 1. The lowest BCUT2D eigenvalue weighted by molar-refractivity contribution is 0.0471. The van der Waals surface area contributed by atoms with Crippen molar-refractivity contribution >= 4 is 17.6 Å². The van der Waals surface area contributed by atoms with E-state index in [9.17, 15) is 4.79 Å². The Kier molecular flexibility index (Phi) is 4.62. The number of aromatic nitrogens is 3. The van der Waals surface area contributed by atoms with Gasteiger partial charge < -0.3 is 4.74 Å². The highest BCUT2D eigenvalue weighted by molar-refractivity contribution is 6.30. The van der Waals surface area contributed by atoms with Gasteiger partial charge in [-0.25, -0.2) is 9.48 Å². The standard InChI is InChI=1S/C18H16ClN3O2/c1-12-8-9-20-10-15(12)18(23)24-11-16-13(2)21-22(17(16)19)14-6-4-3-5-7-14/h3-10H,11H2,1-2H3. The highest BCUT2D eigenvalue weighted by Gasteiger charge is 2.17. The molecule has 5 nitrogen and oxygen atoms in total. The van der Waals surface area contributed by atoms with Crippen molar-refractivity contribution in [2.75, 3.05) is 0 Å². The molecule has 2 heterocycles. The quantitative estimate of drug-likeness (QED) is 0.675. The third-order valence-corrected chi connectivity index (χ3v) is 4.12. The first-order valence-electron chi connectivity index (χ1n) is 7.45. The third-order valence-electron chi connectivity index (χ3n) is 3.73. The molecule has 0 aliphatic rings. The molecule has 0 saturated carbocycles. The predicted molar refractivity (Wildman–Crippen MR) is 91.4 cm³/mol. The monoisotopic (exact) mass is 341 g/mol. The first-order valence-corrected chi connectivity index (χ1v) is 7.83. The SMILES string of the molecule is Cc1ccncc1C(=O)OCc1c(C)nn(-c2ccccc2)c1Cl. The summed E-state index contributed by atoms with van der Waals surface area (Å²) in [6.07, 6.45) is 3.14. The maximum atomic E-state index is 12.2. The number of hydrogen-bond donors (Lipinski definition) is 0. The fourth-order valence-electron chi connectivity index (χ4n) is 2.33. The number of carbonyl (C=O) groups excluding carboxylic acids is 1. The molecule has 0 N–H and O–H groups in total. The van der Waals surface area contributed by atoms with E-state index in [-0.39, 0.29) is 6.61 Å². The van der Waals surface area contributed by atoms with E-state index in [2.05, 4.69) is 10.1 Å². The van der Waals surface area contributed by atoms with Crippen LogP contribution in [0.1, 0.15) is 27.2 Å². The Labute approximate surface area is 144 Å². The Bertz CT molecular complexity index is 875. The summed E-state index contributed by atoms with van der Waals surface area (Å²) in [5, 5.41) is 4.87. The average molecular weight is 342 g/mol. The molecule has 0 saturated heterocycles. The number of nitrogens with zero attached hydrogens (tertiary/aromatic N) is 3. The molecule has 0 bridgehead atoms. The molecule has 0 radical (unpaired) electrons. The van der Waals surface area contributed by atoms with Crippen LogP contribution in [0.5, 0.6) is 0 Å². The smallest absolute Gasteiger partial charge is 0.340 e. The number of carbonyl (C=O) groups is 1. The molecule has 24 heavy (non-hydrogen) atoms. The third kappa shape index (κ3) is 3.16. The number of aryl methyl sites for hydroxylation is 2.